The highest BCUT2D eigenvalue weighted by Crippen LogP contribution is 2.41. The van der Waals surface area contributed by atoms with Crippen molar-refractivity contribution >= 4 is 48.2 Å². The molecule has 0 radical (unpaired) electrons. The van der Waals surface area contributed by atoms with Crippen molar-refractivity contribution < 1.29 is 23.5 Å². The van der Waals surface area contributed by atoms with Crippen LogP contribution in [0.4, 0.5) is 10.5 Å². The SMILES string of the molecule is CC(C)(C)N[C@H]1CC[C@H](OC(=O)Nc2cc(/C=C/CCn3c(=O)oc4cc(CNC[C@H](O[Si](C)(C)C(C)(C)C)c5ccc(O)c6[nH]c(=O)ccc56)ccc43)ccc2-c2ccccc2)CC1. The number of amides is 1. The monoisotopic (exact) mass is 899 g/mol. The molecule has 2 heterocycles. The second kappa shape index (κ2) is 19.8. The molecule has 12 nitrogen and oxygen atoms in total. The molecule has 1 fully saturated rings. The lowest BCUT2D eigenvalue weighted by atomic mass is 9.91. The molecule has 0 spiro atoms. The van der Waals surface area contributed by atoms with E-state index in [1.165, 1.54) is 6.07 Å². The first-order valence-electron chi connectivity index (χ1n) is 22.8. The number of nitrogens with zero attached hydrogens (tertiary/aromatic N) is 1. The fourth-order valence-corrected chi connectivity index (χ4v) is 9.63. The molecule has 13 heteroatoms. The van der Waals surface area contributed by atoms with E-state index in [2.05, 4.69) is 75.6 Å². The van der Waals surface area contributed by atoms with Gasteiger partial charge in [0.2, 0.25) is 5.56 Å². The zero-order valence-corrected chi connectivity index (χ0v) is 40.0. The number of benzene rings is 4. The van der Waals surface area contributed by atoms with Crippen molar-refractivity contribution in [3.05, 3.63) is 135 Å². The Hall–Kier alpha value is -5.73. The Labute approximate surface area is 382 Å². The zero-order chi connectivity index (χ0) is 46.5. The first-order chi connectivity index (χ1) is 30.8. The van der Waals surface area contributed by atoms with E-state index in [0.29, 0.717) is 54.4 Å². The summed E-state index contributed by atoms with van der Waals surface area (Å²) < 4.78 is 20.3. The summed E-state index contributed by atoms with van der Waals surface area (Å²) in [6, 6.07) is 28.8. The lowest BCUT2D eigenvalue weighted by Gasteiger charge is -2.39. The van der Waals surface area contributed by atoms with Gasteiger partial charge < -0.3 is 34.3 Å². The fraction of sp³-hybridized carbons (Fsp3) is 0.404. The Morgan fingerprint density at radius 2 is 1.69 bits per heavy atom. The number of phenolic OH excluding ortho intramolecular Hbond substituents is 1. The number of pyridine rings is 1. The maximum Gasteiger partial charge on any atom is 0.419 e. The van der Waals surface area contributed by atoms with E-state index in [0.717, 1.165) is 58.9 Å². The number of oxazole rings is 1. The number of carbonyl (C=O) groups excluding carboxylic acids is 1. The fourth-order valence-electron chi connectivity index (χ4n) is 8.36. The van der Waals surface area contributed by atoms with Crippen LogP contribution in [0.25, 0.3) is 39.2 Å². The maximum absolute atomic E-state index is 13.3. The van der Waals surface area contributed by atoms with Crippen LogP contribution in [0.15, 0.2) is 111 Å². The number of aromatic nitrogens is 2. The predicted molar refractivity (Wildman–Crippen MR) is 264 cm³/mol. The third-order valence-electron chi connectivity index (χ3n) is 12.7. The molecule has 344 valence electrons. The number of carbonyl (C=O) groups is 1. The second-order valence-corrected chi connectivity index (χ2v) is 24.6. The molecule has 1 saturated carbocycles. The Morgan fingerprint density at radius 1 is 0.938 bits per heavy atom. The average molecular weight is 900 g/mol. The number of allylic oxidation sites excluding steroid dienone is 1. The number of hydrogen-bond donors (Lipinski definition) is 5. The molecule has 1 aliphatic rings. The summed E-state index contributed by atoms with van der Waals surface area (Å²) in [5.74, 6) is -0.415. The van der Waals surface area contributed by atoms with Crippen LogP contribution in [0, 0.1) is 0 Å². The minimum atomic E-state index is -2.26. The molecule has 1 amide bonds. The quantitative estimate of drug-likeness (QED) is 0.0632. The van der Waals surface area contributed by atoms with E-state index >= 15 is 0 Å². The highest BCUT2D eigenvalue weighted by atomic mass is 28.4. The van der Waals surface area contributed by atoms with Gasteiger partial charge in [0.05, 0.1) is 22.8 Å². The van der Waals surface area contributed by atoms with Gasteiger partial charge in [-0.1, -0.05) is 87.5 Å². The van der Waals surface area contributed by atoms with Crippen molar-refractivity contribution in [1.29, 1.82) is 0 Å². The molecule has 65 heavy (non-hydrogen) atoms. The Balaban J connectivity index is 0.995. The summed E-state index contributed by atoms with van der Waals surface area (Å²) in [7, 11) is -2.26. The number of phenols is 1. The van der Waals surface area contributed by atoms with Crippen LogP contribution in [0.2, 0.25) is 18.1 Å². The molecule has 4 aromatic carbocycles. The number of aryl methyl sites for hydroxylation is 1. The molecule has 7 rings (SSSR count). The van der Waals surface area contributed by atoms with Gasteiger partial charge in [-0.05, 0) is 124 Å². The Kier molecular flexibility index (Phi) is 14.4. The van der Waals surface area contributed by atoms with Gasteiger partial charge in [-0.25, -0.2) is 9.59 Å². The zero-order valence-electron chi connectivity index (χ0n) is 39.0. The molecule has 0 bridgehead atoms. The van der Waals surface area contributed by atoms with Crippen LogP contribution in [0.5, 0.6) is 5.75 Å². The number of nitrogens with one attached hydrogen (secondary N) is 4. The van der Waals surface area contributed by atoms with Gasteiger partial charge in [-0.15, -0.1) is 0 Å². The molecule has 2 aromatic heterocycles. The van der Waals surface area contributed by atoms with Gasteiger partial charge in [0.15, 0.2) is 13.9 Å². The normalized spacial score (nSPS) is 16.6. The summed E-state index contributed by atoms with van der Waals surface area (Å²) in [5, 5.41) is 21.5. The molecular formula is C52H65N5O7Si. The summed E-state index contributed by atoms with van der Waals surface area (Å²) >= 11 is 0. The number of aromatic hydroxyl groups is 1. The third kappa shape index (κ3) is 11.9. The van der Waals surface area contributed by atoms with Gasteiger partial charge in [0.25, 0.3) is 0 Å². The van der Waals surface area contributed by atoms with Crippen LogP contribution in [0.3, 0.4) is 0 Å². The van der Waals surface area contributed by atoms with E-state index < -0.39 is 20.2 Å². The van der Waals surface area contributed by atoms with Gasteiger partial charge >= 0.3 is 11.8 Å². The highest BCUT2D eigenvalue weighted by Gasteiger charge is 2.40. The summed E-state index contributed by atoms with van der Waals surface area (Å²) in [6.45, 7) is 18.9. The van der Waals surface area contributed by atoms with Gasteiger partial charge in [-0.3, -0.25) is 14.7 Å². The number of anilines is 1. The highest BCUT2D eigenvalue weighted by molar-refractivity contribution is 6.74. The molecule has 1 aliphatic carbocycles. The summed E-state index contributed by atoms with van der Waals surface area (Å²) in [5.41, 5.74) is 6.63. The van der Waals surface area contributed by atoms with Crippen molar-refractivity contribution in [3.8, 4) is 16.9 Å². The number of fused-ring (bicyclic) bond motifs is 2. The number of ether oxygens (including phenoxy) is 1. The molecule has 0 saturated heterocycles. The minimum Gasteiger partial charge on any atom is -0.506 e. The van der Waals surface area contributed by atoms with Crippen LogP contribution in [-0.2, 0) is 22.3 Å². The van der Waals surface area contributed by atoms with Crippen molar-refractivity contribution in [3.63, 3.8) is 0 Å². The van der Waals surface area contributed by atoms with E-state index in [1.54, 1.807) is 16.7 Å². The molecule has 6 aromatic rings. The number of H-pyrrole nitrogens is 1. The van der Waals surface area contributed by atoms with Gasteiger partial charge in [0, 0.05) is 48.2 Å². The summed E-state index contributed by atoms with van der Waals surface area (Å²) in [6.07, 6.45) is 7.22. The number of rotatable bonds is 15. The van der Waals surface area contributed by atoms with Crippen LogP contribution < -0.4 is 27.3 Å². The van der Waals surface area contributed by atoms with E-state index in [1.807, 2.05) is 84.9 Å². The smallest absolute Gasteiger partial charge is 0.419 e. The third-order valence-corrected chi connectivity index (χ3v) is 17.2. The largest absolute Gasteiger partial charge is 0.506 e. The van der Waals surface area contributed by atoms with Crippen LogP contribution in [-0.4, -0.2) is 53.3 Å². The Bertz CT molecular complexity index is 2750. The van der Waals surface area contributed by atoms with Crippen molar-refractivity contribution in [2.24, 2.45) is 0 Å². The standard InChI is InChI=1S/C52H65N5O7Si/c1-51(2,3)56-37-19-21-38(22-20-37)62-49(60)54-42-30-34(17-23-39(42)36-15-10-9-11-16-36)14-12-13-29-57-43-26-18-35(31-45(43)63-50(57)61)32-53-33-46(64-65(7,8)52(4,5)6)40-24-27-44(58)48-41(40)25-28-47(59)55-48/h9-12,14-18,23-28,30-31,37-38,46,53,56,58H,13,19-22,29,32-33H2,1-8H3,(H,54,60)(H,55,59)/b14-12+/t37-,38-,46-/m0/s1. The van der Waals surface area contributed by atoms with Crippen molar-refractivity contribution in [1.82, 2.24) is 20.2 Å². The van der Waals surface area contributed by atoms with Crippen molar-refractivity contribution in [2.75, 3.05) is 11.9 Å². The second-order valence-electron chi connectivity index (χ2n) is 19.9. The molecule has 1 atom stereocenters. The van der Waals surface area contributed by atoms with E-state index in [-0.39, 0.29) is 34.1 Å². The number of aromatic amines is 1. The lowest BCUT2D eigenvalue weighted by Crippen LogP contribution is -2.46. The predicted octanol–water partition coefficient (Wildman–Crippen LogP) is 11.0. The van der Waals surface area contributed by atoms with Crippen molar-refractivity contribution in [2.45, 2.75) is 129 Å². The average Bonchev–Trinajstić information content (AvgIpc) is 3.56. The molecular weight excluding hydrogens is 835 g/mol. The maximum atomic E-state index is 13.3. The molecule has 0 unspecified atom stereocenters. The topological polar surface area (TPSA) is 160 Å². The van der Waals surface area contributed by atoms with Crippen LogP contribution >= 0.6 is 0 Å². The van der Waals surface area contributed by atoms with E-state index in [4.69, 9.17) is 13.6 Å². The Morgan fingerprint density at radius 3 is 2.42 bits per heavy atom. The van der Waals surface area contributed by atoms with E-state index in [9.17, 15) is 19.5 Å². The van der Waals surface area contributed by atoms with Gasteiger partial charge in [0.1, 0.15) is 11.9 Å². The first-order valence-corrected chi connectivity index (χ1v) is 25.7. The first kappa shape index (κ1) is 47.2. The van der Waals surface area contributed by atoms with Crippen LogP contribution in [0.1, 0.15) is 96.4 Å². The molecule has 0 aliphatic heterocycles. The molecule has 5 N–H and O–H groups in total. The lowest BCUT2D eigenvalue weighted by molar-refractivity contribution is 0.0762. The summed E-state index contributed by atoms with van der Waals surface area (Å²) in [4.78, 5) is 41.3. The van der Waals surface area contributed by atoms with Gasteiger partial charge in [-0.2, -0.15) is 0 Å². The number of hydrogen-bond acceptors (Lipinski definition) is 9. The minimum absolute atomic E-state index is 0.00621.